The van der Waals surface area contributed by atoms with Crippen molar-refractivity contribution in [3.05, 3.63) is 188 Å². The van der Waals surface area contributed by atoms with Crippen molar-refractivity contribution in [1.82, 2.24) is 79.0 Å². The van der Waals surface area contributed by atoms with E-state index in [2.05, 4.69) is 124 Å². The highest BCUT2D eigenvalue weighted by molar-refractivity contribution is 9.11. The Morgan fingerprint density at radius 3 is 0.901 bits per heavy atom. The summed E-state index contributed by atoms with van der Waals surface area (Å²) in [7, 11) is 12.9. The fraction of sp³-hybridized carbons (Fsp3) is 0.175. The van der Waals surface area contributed by atoms with Gasteiger partial charge in [0.2, 0.25) is 18.9 Å². The predicted molar refractivity (Wildman–Crippen MR) is 356 cm³/mol. The van der Waals surface area contributed by atoms with Gasteiger partial charge in [0.25, 0.3) is 0 Å². The molecule has 8 heterocycles. The minimum absolute atomic E-state index is 0.540. The number of ether oxygens (including phenoxy) is 8. The van der Waals surface area contributed by atoms with Crippen LogP contribution < -0.4 is 37.9 Å². The average Bonchev–Trinajstić information content (AvgIpc) is 1.89. The number of hydrogen-bond donors (Lipinski definition) is 0. The smallest absolute Gasteiger partial charge is 0.205 e. The van der Waals surface area contributed by atoms with Crippen molar-refractivity contribution in [1.29, 1.82) is 0 Å². The molecule has 466 valence electrons. The van der Waals surface area contributed by atoms with Gasteiger partial charge < -0.3 is 37.9 Å². The Morgan fingerprint density at radius 2 is 0.604 bits per heavy atom. The van der Waals surface area contributed by atoms with Gasteiger partial charge in [0.15, 0.2) is 23.3 Å². The van der Waals surface area contributed by atoms with Gasteiger partial charge in [0.05, 0.1) is 56.9 Å². The van der Waals surface area contributed by atoms with Crippen molar-refractivity contribution in [2.75, 3.05) is 56.9 Å². The van der Waals surface area contributed by atoms with E-state index in [0.29, 0.717) is 99.6 Å². The van der Waals surface area contributed by atoms with E-state index in [1.807, 2.05) is 166 Å². The molecule has 12 aromatic rings. The molecule has 0 bridgehead atoms. The molecule has 0 N–H and O–H groups in total. The number of pyridine rings is 4. The van der Waals surface area contributed by atoms with E-state index in [4.69, 9.17) is 37.9 Å². The van der Waals surface area contributed by atoms with Gasteiger partial charge in [-0.15, -0.1) is 40.8 Å². The molecule has 0 saturated heterocycles. The van der Waals surface area contributed by atoms with Crippen LogP contribution in [0.2, 0.25) is 0 Å². The zero-order valence-corrected chi connectivity index (χ0v) is 57.2. The first-order chi connectivity index (χ1) is 44.2. The highest BCUT2D eigenvalue weighted by Gasteiger charge is 2.26. The van der Waals surface area contributed by atoms with Gasteiger partial charge in [-0.25, -0.2) is 9.97 Å². The molecule has 0 aliphatic carbocycles. The molecule has 4 aromatic carbocycles. The van der Waals surface area contributed by atoms with Gasteiger partial charge in [-0.2, -0.15) is 0 Å². The van der Waals surface area contributed by atoms with E-state index in [9.17, 15) is 0 Å². The topological polar surface area (TPSA) is 248 Å². The standard InChI is InChI=1S/3C16H15BrN4O2.C15H13BrN4O2/c2*1-10-6-4-7-11(18-10)15-19-20-16(17)21(15)14-12(22-2)8-5-9-13(14)23-3;1-10-7-11(9-18-8-10)15-19-20-16(17)21(15)14-12(22-2)5-4-6-13(14)23-3;1-21-11-6-3-7-12(22-2)13(11)20-14(18-19-15(20)16)10-5-4-8-17-9-10/h3*4-9H,1-3H3;3-9H,1-2H3. The number of nitrogens with zero attached hydrogens (tertiary/aromatic N) is 16. The zero-order valence-electron chi connectivity index (χ0n) is 50.9. The van der Waals surface area contributed by atoms with Gasteiger partial charge in [-0.1, -0.05) is 36.4 Å². The molecule has 0 fully saturated rings. The third kappa shape index (κ3) is 14.5. The summed E-state index contributed by atoms with van der Waals surface area (Å²) in [5.74, 6) is 7.73. The zero-order chi connectivity index (χ0) is 64.7. The molecular formula is C63H58Br4N16O8. The first-order valence-corrected chi connectivity index (χ1v) is 30.4. The van der Waals surface area contributed by atoms with Crippen molar-refractivity contribution in [3.63, 3.8) is 0 Å². The number of halogens is 4. The third-order valence-corrected chi connectivity index (χ3v) is 15.3. The summed E-state index contributed by atoms with van der Waals surface area (Å²) in [4.78, 5) is 17.4. The van der Waals surface area contributed by atoms with Crippen LogP contribution in [0.15, 0.2) is 171 Å². The van der Waals surface area contributed by atoms with E-state index in [-0.39, 0.29) is 0 Å². The summed E-state index contributed by atoms with van der Waals surface area (Å²) in [5, 5.41) is 33.5. The summed E-state index contributed by atoms with van der Waals surface area (Å²) in [6, 6.07) is 39.6. The van der Waals surface area contributed by atoms with E-state index in [1.165, 1.54) is 0 Å². The second-order valence-corrected chi connectivity index (χ2v) is 21.7. The molecule has 8 aromatic heterocycles. The lowest BCUT2D eigenvalue weighted by Gasteiger charge is -2.16. The maximum atomic E-state index is 5.49. The van der Waals surface area contributed by atoms with E-state index >= 15 is 0 Å². The molecular weight excluding hydrogens is 1430 g/mol. The second-order valence-electron chi connectivity index (χ2n) is 18.9. The first kappa shape index (κ1) is 65.8. The van der Waals surface area contributed by atoms with Crippen molar-refractivity contribution < 1.29 is 37.9 Å². The number of para-hydroxylation sites is 4. The molecule has 24 nitrogen and oxygen atoms in total. The minimum atomic E-state index is 0.540. The van der Waals surface area contributed by atoms with Crippen LogP contribution in [0, 0.1) is 20.8 Å². The monoisotopic (exact) mass is 1480 g/mol. The van der Waals surface area contributed by atoms with Gasteiger partial charge >= 0.3 is 0 Å². The molecule has 28 heteroatoms. The molecule has 12 rings (SSSR count). The lowest BCUT2D eigenvalue weighted by Crippen LogP contribution is -2.04. The summed E-state index contributed by atoms with van der Waals surface area (Å²) in [6.07, 6.45) is 6.99. The highest BCUT2D eigenvalue weighted by atomic mass is 79.9. The Morgan fingerprint density at radius 1 is 0.308 bits per heavy atom. The molecule has 0 aliphatic heterocycles. The summed E-state index contributed by atoms with van der Waals surface area (Å²) >= 11 is 13.8. The molecule has 0 unspecified atom stereocenters. The van der Waals surface area contributed by atoms with E-state index in [1.54, 1.807) is 81.7 Å². The molecule has 0 aliphatic rings. The van der Waals surface area contributed by atoms with Crippen LogP contribution in [0.1, 0.15) is 17.0 Å². The average molecular weight is 1490 g/mol. The lowest BCUT2D eigenvalue weighted by atomic mass is 10.2. The fourth-order valence-corrected chi connectivity index (χ4v) is 11.0. The van der Waals surface area contributed by atoms with Gasteiger partial charge in [0, 0.05) is 47.3 Å². The van der Waals surface area contributed by atoms with Crippen molar-refractivity contribution in [2.45, 2.75) is 20.8 Å². The number of aryl methyl sites for hydroxylation is 3. The molecule has 0 saturated carbocycles. The molecule has 0 spiro atoms. The molecule has 91 heavy (non-hydrogen) atoms. The van der Waals surface area contributed by atoms with E-state index < -0.39 is 0 Å². The highest BCUT2D eigenvalue weighted by Crippen LogP contribution is 2.41. The van der Waals surface area contributed by atoms with Gasteiger partial charge in [0.1, 0.15) is 80.1 Å². The van der Waals surface area contributed by atoms with Crippen LogP contribution in [0.25, 0.3) is 68.6 Å². The largest absolute Gasteiger partial charge is 0.494 e. The number of hydrogen-bond acceptors (Lipinski definition) is 20. The van der Waals surface area contributed by atoms with Crippen LogP contribution in [0.3, 0.4) is 0 Å². The maximum Gasteiger partial charge on any atom is 0.205 e. The number of benzene rings is 4. The Labute approximate surface area is 557 Å². The number of rotatable bonds is 16. The van der Waals surface area contributed by atoms with Crippen molar-refractivity contribution in [3.8, 4) is 115 Å². The fourth-order valence-electron chi connectivity index (χ4n) is 9.28. The molecule has 0 radical (unpaired) electrons. The molecule has 0 amide bonds. The van der Waals surface area contributed by atoms with Crippen LogP contribution in [-0.4, -0.2) is 136 Å². The van der Waals surface area contributed by atoms with E-state index in [0.717, 1.165) is 50.8 Å². The lowest BCUT2D eigenvalue weighted by molar-refractivity contribution is 0.390. The Hall–Kier alpha value is -9.64. The van der Waals surface area contributed by atoms with Crippen LogP contribution >= 0.6 is 63.7 Å². The van der Waals surface area contributed by atoms with Crippen LogP contribution in [0.4, 0.5) is 0 Å². The quantitative estimate of drug-likeness (QED) is 0.0872. The number of aromatic nitrogens is 16. The van der Waals surface area contributed by atoms with Gasteiger partial charge in [-0.3, -0.25) is 28.2 Å². The normalized spacial score (nSPS) is 10.6. The summed E-state index contributed by atoms with van der Waals surface area (Å²) in [5.41, 5.74) is 8.87. The van der Waals surface area contributed by atoms with Crippen LogP contribution in [0.5, 0.6) is 46.0 Å². The summed E-state index contributed by atoms with van der Waals surface area (Å²) in [6.45, 7) is 5.85. The van der Waals surface area contributed by atoms with Crippen molar-refractivity contribution >= 4 is 63.7 Å². The SMILES string of the molecule is COc1cccc(OC)c1-n1c(Br)nnc1-c1cccc(C)n1.COc1cccc(OC)c1-n1c(Br)nnc1-c1cccc(C)n1.COc1cccc(OC)c1-n1c(Br)nnc1-c1cccnc1.COc1cccc(OC)c1-n1c(Br)nnc1-c1cncc(C)c1. The second kappa shape index (κ2) is 30.7. The minimum Gasteiger partial charge on any atom is -0.494 e. The van der Waals surface area contributed by atoms with Gasteiger partial charge in [-0.05, 0) is 181 Å². The molecule has 0 atom stereocenters. The van der Waals surface area contributed by atoms with Crippen molar-refractivity contribution in [2.24, 2.45) is 0 Å². The first-order valence-electron chi connectivity index (χ1n) is 27.2. The summed E-state index contributed by atoms with van der Waals surface area (Å²) < 4.78 is 53.3. The Balaban J connectivity index is 0.000000144. The van der Waals surface area contributed by atoms with Crippen LogP contribution in [-0.2, 0) is 0 Å². The maximum absolute atomic E-state index is 5.49. The Bertz CT molecular complexity index is 4030. The number of methoxy groups -OCH3 is 8. The Kier molecular flexibility index (Phi) is 22.2. The third-order valence-electron chi connectivity index (χ3n) is 13.3. The predicted octanol–water partition coefficient (Wildman–Crippen LogP) is 13.4.